The molecule has 2 rings (SSSR count). The molecular weight excluding hydrogens is 254 g/mol. The molecule has 0 atom stereocenters. The van der Waals surface area contributed by atoms with Crippen molar-refractivity contribution in [2.45, 2.75) is 46.1 Å². The zero-order valence-electron chi connectivity index (χ0n) is 12.7. The first-order chi connectivity index (χ1) is 9.62. The van der Waals surface area contributed by atoms with Crippen LogP contribution in [-0.4, -0.2) is 28.9 Å². The highest BCUT2D eigenvalue weighted by atomic mass is 16.5. The number of nitrogens with zero attached hydrogens (tertiary/aromatic N) is 2. The van der Waals surface area contributed by atoms with E-state index in [4.69, 9.17) is 4.74 Å². The Kier molecular flexibility index (Phi) is 4.81. The van der Waals surface area contributed by atoms with Crippen LogP contribution in [0, 0.1) is 5.41 Å². The molecule has 1 N–H and O–H groups in total. The number of aryl methyl sites for hydroxylation is 1. The molecule has 5 nitrogen and oxygen atoms in total. The van der Waals surface area contributed by atoms with Crippen LogP contribution in [0.5, 0.6) is 0 Å². The third-order valence-corrected chi connectivity index (χ3v) is 4.51. The minimum absolute atomic E-state index is 0.286. The molecule has 1 aliphatic carbocycles. The highest BCUT2D eigenvalue weighted by Gasteiger charge is 2.34. The smallest absolute Gasteiger partial charge is 0.341 e. The van der Waals surface area contributed by atoms with Crippen LogP contribution < -0.4 is 5.32 Å². The maximum atomic E-state index is 11.9. The second-order valence-electron chi connectivity index (χ2n) is 5.66. The fraction of sp³-hybridized carbons (Fsp3) is 0.733. The van der Waals surface area contributed by atoms with E-state index in [0.717, 1.165) is 12.2 Å². The Bertz CT molecular complexity index is 458. The van der Waals surface area contributed by atoms with E-state index in [1.165, 1.54) is 25.7 Å². The fourth-order valence-corrected chi connectivity index (χ4v) is 2.83. The largest absolute Gasteiger partial charge is 0.462 e. The molecule has 20 heavy (non-hydrogen) atoms. The molecule has 1 aromatic heterocycles. The number of nitrogens with one attached hydrogen (secondary N) is 1. The Labute approximate surface area is 120 Å². The van der Waals surface area contributed by atoms with E-state index < -0.39 is 0 Å². The summed E-state index contributed by atoms with van der Waals surface area (Å²) in [5.74, 6) is -0.286. The fourth-order valence-electron chi connectivity index (χ4n) is 2.83. The molecule has 1 fully saturated rings. The number of esters is 1. The lowest BCUT2D eigenvalue weighted by Crippen LogP contribution is -2.39. The molecule has 0 saturated heterocycles. The number of ether oxygens (including phenoxy) is 1. The summed E-state index contributed by atoms with van der Waals surface area (Å²) in [5.41, 5.74) is 1.94. The van der Waals surface area contributed by atoms with Gasteiger partial charge in [-0.2, -0.15) is 5.10 Å². The highest BCUT2D eigenvalue weighted by molar-refractivity contribution is 5.90. The summed E-state index contributed by atoms with van der Waals surface area (Å²) < 4.78 is 6.81. The third kappa shape index (κ3) is 3.03. The van der Waals surface area contributed by atoms with Crippen molar-refractivity contribution in [3.63, 3.8) is 0 Å². The van der Waals surface area contributed by atoms with Gasteiger partial charge in [0, 0.05) is 20.1 Å². The average Bonchev–Trinajstić information content (AvgIpc) is 2.75. The summed E-state index contributed by atoms with van der Waals surface area (Å²) in [6, 6.07) is 0. The number of aromatic nitrogens is 2. The van der Waals surface area contributed by atoms with Gasteiger partial charge in [0.2, 0.25) is 0 Å². The van der Waals surface area contributed by atoms with Crippen molar-refractivity contribution in [2.75, 3.05) is 13.2 Å². The maximum Gasteiger partial charge on any atom is 0.341 e. The standard InChI is InChI=1S/C15H25N3O2/c1-4-15(7-6-8-15)11-16-10-13-12(9-17-18(13)3)14(19)20-5-2/h9,16H,4-8,10-11H2,1-3H3. The molecule has 1 aliphatic rings. The topological polar surface area (TPSA) is 56.1 Å². The zero-order valence-corrected chi connectivity index (χ0v) is 12.7. The van der Waals surface area contributed by atoms with Crippen LogP contribution in [0.4, 0.5) is 0 Å². The quantitative estimate of drug-likeness (QED) is 0.778. The number of rotatable bonds is 7. The van der Waals surface area contributed by atoms with Gasteiger partial charge in [-0.05, 0) is 31.6 Å². The summed E-state index contributed by atoms with van der Waals surface area (Å²) in [6.45, 7) is 6.13. The van der Waals surface area contributed by atoms with Crippen molar-refractivity contribution in [3.05, 3.63) is 17.5 Å². The highest BCUT2D eigenvalue weighted by Crippen LogP contribution is 2.43. The molecule has 112 valence electrons. The molecule has 1 saturated carbocycles. The van der Waals surface area contributed by atoms with Gasteiger partial charge >= 0.3 is 5.97 Å². The predicted octanol–water partition coefficient (Wildman–Crippen LogP) is 2.27. The van der Waals surface area contributed by atoms with Gasteiger partial charge in [-0.3, -0.25) is 4.68 Å². The number of carbonyl (C=O) groups is 1. The van der Waals surface area contributed by atoms with Crippen molar-refractivity contribution >= 4 is 5.97 Å². The van der Waals surface area contributed by atoms with E-state index in [1.54, 1.807) is 10.9 Å². The van der Waals surface area contributed by atoms with Crippen molar-refractivity contribution in [2.24, 2.45) is 12.5 Å². The Hall–Kier alpha value is -1.36. The van der Waals surface area contributed by atoms with E-state index in [0.29, 0.717) is 24.1 Å². The van der Waals surface area contributed by atoms with Crippen LogP contribution in [0.2, 0.25) is 0 Å². The summed E-state index contributed by atoms with van der Waals surface area (Å²) in [5, 5.41) is 7.66. The molecule has 0 aliphatic heterocycles. The molecule has 0 radical (unpaired) electrons. The Morgan fingerprint density at radius 1 is 1.50 bits per heavy atom. The van der Waals surface area contributed by atoms with E-state index >= 15 is 0 Å². The second kappa shape index (κ2) is 6.39. The van der Waals surface area contributed by atoms with Gasteiger partial charge in [-0.15, -0.1) is 0 Å². The molecule has 0 bridgehead atoms. The van der Waals surface area contributed by atoms with Crippen molar-refractivity contribution < 1.29 is 9.53 Å². The first kappa shape index (κ1) is 15.0. The number of hydrogen-bond donors (Lipinski definition) is 1. The zero-order chi connectivity index (χ0) is 14.6. The summed E-state index contributed by atoms with van der Waals surface area (Å²) in [6.07, 6.45) is 6.78. The second-order valence-corrected chi connectivity index (χ2v) is 5.66. The molecular formula is C15H25N3O2. The molecule has 0 spiro atoms. The van der Waals surface area contributed by atoms with Crippen LogP contribution in [0.25, 0.3) is 0 Å². The van der Waals surface area contributed by atoms with Crippen molar-refractivity contribution in [3.8, 4) is 0 Å². The van der Waals surface area contributed by atoms with Crippen LogP contribution in [-0.2, 0) is 18.3 Å². The van der Waals surface area contributed by atoms with E-state index in [2.05, 4.69) is 17.3 Å². The lowest BCUT2D eigenvalue weighted by molar-refractivity contribution is 0.0524. The lowest BCUT2D eigenvalue weighted by Gasteiger charge is -2.41. The maximum absolute atomic E-state index is 11.9. The molecule has 0 aromatic carbocycles. The SMILES string of the molecule is CCOC(=O)c1cnn(C)c1CNCC1(CC)CCC1. The molecule has 1 heterocycles. The monoisotopic (exact) mass is 279 g/mol. The normalized spacial score (nSPS) is 16.8. The van der Waals surface area contributed by atoms with Crippen LogP contribution in [0.15, 0.2) is 6.20 Å². The first-order valence-electron chi connectivity index (χ1n) is 7.50. The molecule has 0 amide bonds. The predicted molar refractivity (Wildman–Crippen MR) is 77.4 cm³/mol. The number of carbonyl (C=O) groups excluding carboxylic acids is 1. The van der Waals surface area contributed by atoms with E-state index in [-0.39, 0.29) is 5.97 Å². The summed E-state index contributed by atoms with van der Waals surface area (Å²) in [4.78, 5) is 11.9. The minimum Gasteiger partial charge on any atom is -0.462 e. The lowest BCUT2D eigenvalue weighted by atomic mass is 9.67. The Morgan fingerprint density at radius 3 is 2.80 bits per heavy atom. The number of hydrogen-bond acceptors (Lipinski definition) is 4. The van der Waals surface area contributed by atoms with Gasteiger partial charge in [0.05, 0.1) is 18.5 Å². The van der Waals surface area contributed by atoms with E-state index in [1.807, 2.05) is 14.0 Å². The van der Waals surface area contributed by atoms with Crippen LogP contribution in [0.3, 0.4) is 0 Å². The first-order valence-corrected chi connectivity index (χ1v) is 7.50. The molecule has 5 heteroatoms. The minimum atomic E-state index is -0.286. The van der Waals surface area contributed by atoms with Gasteiger partial charge in [0.1, 0.15) is 5.56 Å². The third-order valence-electron chi connectivity index (χ3n) is 4.51. The Balaban J connectivity index is 1.95. The average molecular weight is 279 g/mol. The van der Waals surface area contributed by atoms with Crippen LogP contribution >= 0.6 is 0 Å². The van der Waals surface area contributed by atoms with E-state index in [9.17, 15) is 4.79 Å². The van der Waals surface area contributed by atoms with Crippen molar-refractivity contribution in [1.82, 2.24) is 15.1 Å². The van der Waals surface area contributed by atoms with Gasteiger partial charge in [-0.1, -0.05) is 13.3 Å². The molecule has 1 aromatic rings. The summed E-state index contributed by atoms with van der Waals surface area (Å²) in [7, 11) is 1.86. The van der Waals surface area contributed by atoms with Gasteiger partial charge < -0.3 is 10.1 Å². The van der Waals surface area contributed by atoms with Gasteiger partial charge in [0.25, 0.3) is 0 Å². The Morgan fingerprint density at radius 2 is 2.25 bits per heavy atom. The summed E-state index contributed by atoms with van der Waals surface area (Å²) >= 11 is 0. The van der Waals surface area contributed by atoms with Crippen molar-refractivity contribution in [1.29, 1.82) is 0 Å². The molecule has 0 unspecified atom stereocenters. The van der Waals surface area contributed by atoms with Gasteiger partial charge in [0.15, 0.2) is 0 Å². The van der Waals surface area contributed by atoms with Crippen LogP contribution in [0.1, 0.15) is 55.6 Å². The van der Waals surface area contributed by atoms with Gasteiger partial charge in [-0.25, -0.2) is 4.79 Å².